The predicted octanol–water partition coefficient (Wildman–Crippen LogP) is 3.81. The predicted molar refractivity (Wildman–Crippen MR) is 77.7 cm³/mol. The van der Waals surface area contributed by atoms with E-state index in [-0.39, 0.29) is 5.69 Å². The van der Waals surface area contributed by atoms with Crippen LogP contribution in [0.3, 0.4) is 0 Å². The van der Waals surface area contributed by atoms with Gasteiger partial charge in [-0.3, -0.25) is 0 Å². The van der Waals surface area contributed by atoms with Crippen molar-refractivity contribution in [3.63, 3.8) is 0 Å². The number of aromatic carboxylic acids is 1. The van der Waals surface area contributed by atoms with Crippen LogP contribution in [-0.4, -0.2) is 16.1 Å². The summed E-state index contributed by atoms with van der Waals surface area (Å²) in [4.78, 5) is 14.8. The van der Waals surface area contributed by atoms with Gasteiger partial charge >= 0.3 is 5.97 Å². The molecule has 6 heteroatoms. The van der Waals surface area contributed by atoms with Crippen molar-refractivity contribution in [2.24, 2.45) is 0 Å². The van der Waals surface area contributed by atoms with Gasteiger partial charge in [-0.05, 0) is 46.3 Å². The number of carboxylic acids is 1. The largest absolute Gasteiger partial charge is 0.477 e. The van der Waals surface area contributed by atoms with Gasteiger partial charge in [0.25, 0.3) is 0 Å². The van der Waals surface area contributed by atoms with E-state index in [0.29, 0.717) is 17.3 Å². The lowest BCUT2D eigenvalue weighted by Crippen LogP contribution is -2.06. The van der Waals surface area contributed by atoms with E-state index < -0.39 is 5.97 Å². The molecule has 0 fully saturated rings. The molecule has 0 saturated heterocycles. The van der Waals surface area contributed by atoms with Crippen molar-refractivity contribution in [1.82, 2.24) is 4.98 Å². The fourth-order valence-corrected chi connectivity index (χ4v) is 2.34. The van der Waals surface area contributed by atoms with Crippen LogP contribution >= 0.6 is 27.5 Å². The summed E-state index contributed by atoms with van der Waals surface area (Å²) in [5, 5.41) is 12.7. The second-order valence-electron chi connectivity index (χ2n) is 3.80. The van der Waals surface area contributed by atoms with Gasteiger partial charge in [-0.1, -0.05) is 17.7 Å². The number of pyridine rings is 1. The van der Waals surface area contributed by atoms with Crippen LogP contribution in [0.4, 0.5) is 5.69 Å². The molecule has 2 rings (SSSR count). The highest BCUT2D eigenvalue weighted by molar-refractivity contribution is 9.10. The number of hydrogen-bond donors (Lipinski definition) is 2. The minimum Gasteiger partial charge on any atom is -0.477 e. The molecular weight excluding hydrogens is 332 g/mol. The number of hydrogen-bond acceptors (Lipinski definition) is 3. The Morgan fingerprint density at radius 3 is 2.84 bits per heavy atom. The molecule has 1 heterocycles. The Labute approximate surface area is 123 Å². The van der Waals surface area contributed by atoms with Crippen LogP contribution in [0, 0.1) is 0 Å². The Morgan fingerprint density at radius 1 is 1.37 bits per heavy atom. The van der Waals surface area contributed by atoms with E-state index in [1.807, 2.05) is 6.07 Å². The topological polar surface area (TPSA) is 62.2 Å². The lowest BCUT2D eigenvalue weighted by Gasteiger charge is -2.08. The molecule has 1 aromatic carbocycles. The van der Waals surface area contributed by atoms with E-state index in [4.69, 9.17) is 16.7 Å². The number of carboxylic acid groups (broad SMARTS) is 1. The lowest BCUT2D eigenvalue weighted by molar-refractivity contribution is 0.0690. The Bertz CT molecular complexity index is 619. The zero-order chi connectivity index (χ0) is 13.8. The van der Waals surface area contributed by atoms with Crippen molar-refractivity contribution in [3.8, 4) is 0 Å². The van der Waals surface area contributed by atoms with Crippen LogP contribution in [-0.2, 0) is 6.54 Å². The molecule has 0 radical (unpaired) electrons. The quantitative estimate of drug-likeness (QED) is 0.888. The normalized spacial score (nSPS) is 10.2. The van der Waals surface area contributed by atoms with Gasteiger partial charge in [-0.2, -0.15) is 0 Å². The number of aromatic nitrogens is 1. The highest BCUT2D eigenvalue weighted by Gasteiger charge is 2.06. The van der Waals surface area contributed by atoms with Gasteiger partial charge in [0, 0.05) is 15.2 Å². The number of rotatable bonds is 4. The van der Waals surface area contributed by atoms with Crippen molar-refractivity contribution in [2.45, 2.75) is 6.54 Å². The van der Waals surface area contributed by atoms with Gasteiger partial charge in [-0.15, -0.1) is 0 Å². The van der Waals surface area contributed by atoms with Crippen molar-refractivity contribution in [2.75, 3.05) is 5.32 Å². The molecule has 0 aliphatic rings. The fraction of sp³-hybridized carbons (Fsp3) is 0.0769. The molecule has 0 spiro atoms. The summed E-state index contributed by atoms with van der Waals surface area (Å²) in [5.74, 6) is -1.03. The highest BCUT2D eigenvalue weighted by atomic mass is 79.9. The van der Waals surface area contributed by atoms with E-state index in [9.17, 15) is 4.79 Å². The Hall–Kier alpha value is -1.59. The van der Waals surface area contributed by atoms with E-state index in [1.54, 1.807) is 24.3 Å². The summed E-state index contributed by atoms with van der Waals surface area (Å²) in [7, 11) is 0. The second-order valence-corrected chi connectivity index (χ2v) is 5.09. The molecule has 0 amide bonds. The summed E-state index contributed by atoms with van der Waals surface area (Å²) < 4.78 is 0.842. The maximum atomic E-state index is 10.8. The first-order chi connectivity index (χ1) is 9.06. The standard InChI is InChI=1S/C13H10BrClN2O2/c14-10-6-8(15)4-5-11(10)16-7-9-2-1-3-12(17-9)13(18)19/h1-6,16H,7H2,(H,18,19). The summed E-state index contributed by atoms with van der Waals surface area (Å²) in [5.41, 5.74) is 1.56. The summed E-state index contributed by atoms with van der Waals surface area (Å²) in [6, 6.07) is 10.3. The molecule has 0 saturated carbocycles. The van der Waals surface area contributed by atoms with Crippen LogP contribution < -0.4 is 5.32 Å². The minimum atomic E-state index is -1.03. The van der Waals surface area contributed by atoms with E-state index >= 15 is 0 Å². The Morgan fingerprint density at radius 2 is 2.16 bits per heavy atom. The number of nitrogens with one attached hydrogen (secondary N) is 1. The first kappa shape index (κ1) is 13.8. The second kappa shape index (κ2) is 6.04. The first-order valence-corrected chi connectivity index (χ1v) is 6.61. The van der Waals surface area contributed by atoms with Crippen molar-refractivity contribution in [3.05, 3.63) is 57.3 Å². The smallest absolute Gasteiger partial charge is 0.354 e. The number of anilines is 1. The summed E-state index contributed by atoms with van der Waals surface area (Å²) >= 11 is 9.25. The third-order valence-electron chi connectivity index (χ3n) is 2.42. The Balaban J connectivity index is 2.10. The van der Waals surface area contributed by atoms with Gasteiger partial charge in [0.1, 0.15) is 5.69 Å². The third-order valence-corrected chi connectivity index (χ3v) is 3.31. The zero-order valence-electron chi connectivity index (χ0n) is 9.73. The Kier molecular flexibility index (Phi) is 4.39. The highest BCUT2D eigenvalue weighted by Crippen LogP contribution is 2.26. The van der Waals surface area contributed by atoms with Gasteiger partial charge < -0.3 is 10.4 Å². The van der Waals surface area contributed by atoms with E-state index in [2.05, 4.69) is 26.2 Å². The molecule has 4 nitrogen and oxygen atoms in total. The monoisotopic (exact) mass is 340 g/mol. The SMILES string of the molecule is O=C(O)c1cccc(CNc2ccc(Cl)cc2Br)n1. The molecule has 19 heavy (non-hydrogen) atoms. The maximum Gasteiger partial charge on any atom is 0.354 e. The number of benzene rings is 1. The average molecular weight is 342 g/mol. The zero-order valence-corrected chi connectivity index (χ0v) is 12.1. The number of nitrogens with zero attached hydrogens (tertiary/aromatic N) is 1. The molecule has 2 N–H and O–H groups in total. The van der Waals surface area contributed by atoms with Gasteiger partial charge in [0.05, 0.1) is 12.2 Å². The van der Waals surface area contributed by atoms with Crippen LogP contribution in [0.5, 0.6) is 0 Å². The molecule has 0 atom stereocenters. The molecular formula is C13H10BrClN2O2. The molecule has 0 aliphatic carbocycles. The van der Waals surface area contributed by atoms with Crippen molar-refractivity contribution < 1.29 is 9.90 Å². The van der Waals surface area contributed by atoms with Crippen LogP contribution in [0.2, 0.25) is 5.02 Å². The molecule has 2 aromatic rings. The van der Waals surface area contributed by atoms with Crippen LogP contribution in [0.25, 0.3) is 0 Å². The summed E-state index contributed by atoms with van der Waals surface area (Å²) in [6.07, 6.45) is 0. The van der Waals surface area contributed by atoms with Gasteiger partial charge in [0.2, 0.25) is 0 Å². The van der Waals surface area contributed by atoms with Crippen molar-refractivity contribution >= 4 is 39.2 Å². The third kappa shape index (κ3) is 3.68. The van der Waals surface area contributed by atoms with E-state index in [0.717, 1.165) is 10.2 Å². The minimum absolute atomic E-state index is 0.0365. The fourth-order valence-electron chi connectivity index (χ4n) is 1.52. The molecule has 0 unspecified atom stereocenters. The number of carbonyl (C=O) groups is 1. The van der Waals surface area contributed by atoms with Crippen LogP contribution in [0.1, 0.15) is 16.2 Å². The average Bonchev–Trinajstić information content (AvgIpc) is 2.38. The lowest BCUT2D eigenvalue weighted by atomic mass is 10.2. The van der Waals surface area contributed by atoms with Crippen LogP contribution in [0.15, 0.2) is 40.9 Å². The molecule has 0 bridgehead atoms. The molecule has 98 valence electrons. The molecule has 1 aromatic heterocycles. The number of halogens is 2. The van der Waals surface area contributed by atoms with Gasteiger partial charge in [0.15, 0.2) is 0 Å². The maximum absolute atomic E-state index is 10.8. The van der Waals surface area contributed by atoms with E-state index in [1.165, 1.54) is 6.07 Å². The first-order valence-electron chi connectivity index (χ1n) is 5.44. The van der Waals surface area contributed by atoms with Crippen molar-refractivity contribution in [1.29, 1.82) is 0 Å². The summed E-state index contributed by atoms with van der Waals surface area (Å²) in [6.45, 7) is 0.432. The molecule has 0 aliphatic heterocycles. The van der Waals surface area contributed by atoms with Gasteiger partial charge in [-0.25, -0.2) is 9.78 Å².